The number of allylic oxidation sites excluding steroid dienone is 6. The first kappa shape index (κ1) is 23.4. The molecular formula is C34H23N5O. The zero-order valence-corrected chi connectivity index (χ0v) is 21.7. The van der Waals surface area contributed by atoms with Gasteiger partial charge in [-0.05, 0) is 42.5 Å². The van der Waals surface area contributed by atoms with Crippen LogP contribution in [0.15, 0.2) is 132 Å². The molecule has 3 heterocycles. The lowest BCUT2D eigenvalue weighted by Crippen LogP contribution is -2.29. The minimum absolute atomic E-state index is 0.341. The molecule has 0 unspecified atom stereocenters. The molecule has 0 spiro atoms. The Hall–Kier alpha value is -5.67. The van der Waals surface area contributed by atoms with Gasteiger partial charge < -0.3 is 13.9 Å². The van der Waals surface area contributed by atoms with E-state index in [1.54, 1.807) is 6.08 Å². The molecule has 7 rings (SSSR count). The fourth-order valence-corrected chi connectivity index (χ4v) is 5.21. The fourth-order valence-electron chi connectivity index (χ4n) is 5.21. The summed E-state index contributed by atoms with van der Waals surface area (Å²) in [6.07, 6.45) is 12.7. The number of aromatic nitrogens is 3. The van der Waals surface area contributed by atoms with E-state index >= 15 is 0 Å². The molecule has 0 fully saturated rings. The number of ether oxygens (including phenoxy) is 1. The van der Waals surface area contributed by atoms with E-state index in [1.165, 1.54) is 0 Å². The SMILES string of the molecule is Cn1[c-][n+](-c2cccc(Oc3ccc4c5ccccc5n(C5=N/C(C#N)=C\C=C/C=C\5)c4c3)c2)c2ccccc21. The van der Waals surface area contributed by atoms with Crippen LogP contribution in [0, 0.1) is 17.7 Å². The van der Waals surface area contributed by atoms with Crippen molar-refractivity contribution in [2.75, 3.05) is 0 Å². The van der Waals surface area contributed by atoms with Gasteiger partial charge in [0.15, 0.2) is 0 Å². The van der Waals surface area contributed by atoms with Gasteiger partial charge in [-0.15, -0.1) is 0 Å². The average molecular weight is 518 g/mol. The van der Waals surface area contributed by atoms with E-state index in [0.29, 0.717) is 17.3 Å². The first-order valence-corrected chi connectivity index (χ1v) is 12.9. The monoisotopic (exact) mass is 517 g/mol. The fraction of sp³-hybridized carbons (Fsp3) is 0.0294. The number of aliphatic imine (C=N–C) groups is 1. The number of fused-ring (bicyclic) bond motifs is 4. The standard InChI is InChI=1S/C34H23N5O/c1-37-23-38(32-16-8-7-15-31(32)37)25-11-9-12-26(20-25)40-27-18-19-29-28-13-5-6-14-30(28)39(33(29)21-27)34-17-4-2-3-10-24(22-35)36-34/h2-21H,1H3/b3-2-,4-2?,10-3?,17-4-,24-10-,34-17?,36-24?,36-34+. The molecular weight excluding hydrogens is 494 g/mol. The Kier molecular flexibility index (Phi) is 5.61. The van der Waals surface area contributed by atoms with Gasteiger partial charge in [-0.2, -0.15) is 5.26 Å². The maximum atomic E-state index is 9.60. The number of nitriles is 1. The quantitative estimate of drug-likeness (QED) is 0.189. The second-order valence-corrected chi connectivity index (χ2v) is 9.49. The van der Waals surface area contributed by atoms with Crippen LogP contribution in [-0.2, 0) is 7.05 Å². The topological polar surface area (TPSA) is 59.1 Å². The van der Waals surface area contributed by atoms with Crippen molar-refractivity contribution in [3.63, 3.8) is 0 Å². The lowest BCUT2D eigenvalue weighted by Gasteiger charge is -2.11. The molecule has 1 aliphatic rings. The molecule has 40 heavy (non-hydrogen) atoms. The van der Waals surface area contributed by atoms with Gasteiger partial charge in [0, 0.05) is 16.8 Å². The molecule has 0 atom stereocenters. The van der Waals surface area contributed by atoms with Crippen molar-refractivity contribution in [3.8, 4) is 23.3 Å². The van der Waals surface area contributed by atoms with E-state index in [1.807, 2.05) is 101 Å². The van der Waals surface area contributed by atoms with Crippen LogP contribution in [0.3, 0.4) is 0 Å². The second-order valence-electron chi connectivity index (χ2n) is 9.49. The molecule has 1 aliphatic heterocycles. The Morgan fingerprint density at radius 1 is 0.800 bits per heavy atom. The van der Waals surface area contributed by atoms with Crippen molar-refractivity contribution in [1.29, 1.82) is 5.26 Å². The number of hydrogen-bond donors (Lipinski definition) is 0. The highest BCUT2D eigenvalue weighted by atomic mass is 16.5. The van der Waals surface area contributed by atoms with Crippen molar-refractivity contribution in [1.82, 2.24) is 9.13 Å². The number of hydrogen-bond acceptors (Lipinski definition) is 3. The molecule has 6 heteroatoms. The van der Waals surface area contributed by atoms with E-state index in [-0.39, 0.29) is 0 Å². The summed E-state index contributed by atoms with van der Waals surface area (Å²) in [5.74, 6) is 2.08. The van der Waals surface area contributed by atoms with Crippen LogP contribution in [-0.4, -0.2) is 15.0 Å². The number of benzene rings is 4. The van der Waals surface area contributed by atoms with Gasteiger partial charge in [0.05, 0.1) is 34.8 Å². The van der Waals surface area contributed by atoms with Crippen molar-refractivity contribution < 1.29 is 9.30 Å². The van der Waals surface area contributed by atoms with Gasteiger partial charge in [-0.25, -0.2) is 4.99 Å². The zero-order valence-electron chi connectivity index (χ0n) is 21.7. The molecule has 0 bridgehead atoms. The molecule has 0 saturated heterocycles. The van der Waals surface area contributed by atoms with Gasteiger partial charge in [0.25, 0.3) is 0 Å². The van der Waals surface area contributed by atoms with Crippen LogP contribution in [0.25, 0.3) is 38.5 Å². The van der Waals surface area contributed by atoms with Crippen LogP contribution in [0.4, 0.5) is 0 Å². The summed E-state index contributed by atoms with van der Waals surface area (Å²) in [5, 5.41) is 11.8. The van der Waals surface area contributed by atoms with E-state index in [2.05, 4.69) is 52.3 Å². The normalized spacial score (nSPS) is 17.4. The molecule has 2 aromatic heterocycles. The van der Waals surface area contributed by atoms with E-state index in [0.717, 1.165) is 44.3 Å². The highest BCUT2D eigenvalue weighted by molar-refractivity contribution is 6.16. The van der Waals surface area contributed by atoms with Gasteiger partial charge in [0.2, 0.25) is 6.33 Å². The second kappa shape index (κ2) is 9.57. The van der Waals surface area contributed by atoms with E-state index in [9.17, 15) is 5.26 Å². The molecule has 0 amide bonds. The number of nitrogens with zero attached hydrogens (tertiary/aromatic N) is 5. The zero-order chi connectivity index (χ0) is 27.1. The maximum Gasteiger partial charge on any atom is 0.244 e. The Labute approximate surface area is 230 Å². The minimum atomic E-state index is 0.341. The first-order chi connectivity index (χ1) is 19.7. The third-order valence-electron chi connectivity index (χ3n) is 6.99. The summed E-state index contributed by atoms with van der Waals surface area (Å²) in [5.41, 5.74) is 5.42. The molecule has 4 aromatic carbocycles. The predicted octanol–water partition coefficient (Wildman–Crippen LogP) is 6.94. The minimum Gasteiger partial charge on any atom is -0.458 e. The Morgan fingerprint density at radius 3 is 2.50 bits per heavy atom. The lowest BCUT2D eigenvalue weighted by molar-refractivity contribution is -0.572. The smallest absolute Gasteiger partial charge is 0.244 e. The summed E-state index contributed by atoms with van der Waals surface area (Å²) in [6.45, 7) is 0. The van der Waals surface area contributed by atoms with Crippen molar-refractivity contribution in [2.24, 2.45) is 12.0 Å². The molecule has 0 aliphatic carbocycles. The Balaban J connectivity index is 1.33. The average Bonchev–Trinajstić information content (AvgIpc) is 3.48. The van der Waals surface area contributed by atoms with E-state index < -0.39 is 0 Å². The highest BCUT2D eigenvalue weighted by Crippen LogP contribution is 2.34. The molecule has 6 nitrogen and oxygen atoms in total. The third-order valence-corrected chi connectivity index (χ3v) is 6.99. The van der Waals surface area contributed by atoms with Crippen molar-refractivity contribution >= 4 is 38.7 Å². The molecule has 0 saturated carbocycles. The van der Waals surface area contributed by atoms with Crippen LogP contribution in [0.1, 0.15) is 0 Å². The summed E-state index contributed by atoms with van der Waals surface area (Å²) in [4.78, 5) is 4.67. The first-order valence-electron chi connectivity index (χ1n) is 12.9. The molecule has 190 valence electrons. The molecule has 6 aromatic rings. The van der Waals surface area contributed by atoms with Crippen LogP contribution >= 0.6 is 0 Å². The summed E-state index contributed by atoms with van der Waals surface area (Å²) in [6, 6.07) is 32.7. The predicted molar refractivity (Wildman–Crippen MR) is 158 cm³/mol. The Morgan fingerprint density at radius 2 is 1.60 bits per heavy atom. The highest BCUT2D eigenvalue weighted by Gasteiger charge is 2.15. The molecule has 0 N–H and O–H groups in total. The Bertz CT molecular complexity index is 2110. The number of rotatable bonds is 3. The summed E-state index contributed by atoms with van der Waals surface area (Å²) >= 11 is 0. The molecule has 0 radical (unpaired) electrons. The van der Waals surface area contributed by atoms with Crippen molar-refractivity contribution in [3.05, 3.63) is 133 Å². The van der Waals surface area contributed by atoms with Crippen LogP contribution in [0.2, 0.25) is 0 Å². The van der Waals surface area contributed by atoms with Crippen LogP contribution in [0.5, 0.6) is 11.5 Å². The number of aryl methyl sites for hydroxylation is 1. The van der Waals surface area contributed by atoms with E-state index in [4.69, 9.17) is 4.74 Å². The number of imidazole rings is 1. The largest absolute Gasteiger partial charge is 0.458 e. The van der Waals surface area contributed by atoms with Gasteiger partial charge >= 0.3 is 0 Å². The van der Waals surface area contributed by atoms with Crippen LogP contribution < -0.4 is 9.30 Å². The summed E-state index contributed by atoms with van der Waals surface area (Å²) in [7, 11) is 1.99. The van der Waals surface area contributed by atoms with Gasteiger partial charge in [0.1, 0.15) is 29.1 Å². The van der Waals surface area contributed by atoms with Crippen molar-refractivity contribution in [2.45, 2.75) is 0 Å². The number of para-hydroxylation sites is 3. The lowest BCUT2D eigenvalue weighted by atomic mass is 10.1. The third kappa shape index (κ3) is 3.98. The van der Waals surface area contributed by atoms with Gasteiger partial charge in [-0.1, -0.05) is 72.8 Å². The van der Waals surface area contributed by atoms with Gasteiger partial charge in [-0.3, -0.25) is 4.57 Å². The maximum absolute atomic E-state index is 9.60. The summed E-state index contributed by atoms with van der Waals surface area (Å²) < 4.78 is 12.5.